The average molecular weight is 469 g/mol. The number of aromatic nitrogens is 2. The van der Waals surface area contributed by atoms with Crippen molar-refractivity contribution in [3.05, 3.63) is 71.4 Å². The van der Waals surface area contributed by atoms with E-state index in [9.17, 15) is 13.2 Å². The van der Waals surface area contributed by atoms with Crippen LogP contribution in [0.1, 0.15) is 68.6 Å². The van der Waals surface area contributed by atoms with E-state index in [0.29, 0.717) is 17.5 Å². The lowest BCUT2D eigenvalue weighted by molar-refractivity contribution is -0.137. The molecule has 4 nitrogen and oxygen atoms in total. The van der Waals surface area contributed by atoms with Crippen molar-refractivity contribution in [3.63, 3.8) is 0 Å². The molecule has 0 amide bonds. The van der Waals surface area contributed by atoms with Crippen molar-refractivity contribution in [3.8, 4) is 0 Å². The molecule has 1 aromatic heterocycles. The number of nitrogens with zero attached hydrogens (tertiary/aromatic N) is 2. The lowest BCUT2D eigenvalue weighted by atomic mass is 9.84. The molecule has 0 atom stereocenters. The summed E-state index contributed by atoms with van der Waals surface area (Å²) < 4.78 is 41.1. The van der Waals surface area contributed by atoms with Gasteiger partial charge in [-0.25, -0.2) is 4.98 Å². The summed E-state index contributed by atoms with van der Waals surface area (Å²) in [7, 11) is 0. The number of halogens is 3. The number of anilines is 4. The van der Waals surface area contributed by atoms with E-state index in [2.05, 4.69) is 40.5 Å². The molecule has 1 fully saturated rings. The minimum absolute atomic E-state index is 0.107. The van der Waals surface area contributed by atoms with Gasteiger partial charge in [0.25, 0.3) is 0 Å². The van der Waals surface area contributed by atoms with Crippen LogP contribution >= 0.6 is 0 Å². The smallest absolute Gasteiger partial charge is 0.340 e. The van der Waals surface area contributed by atoms with E-state index in [4.69, 9.17) is 0 Å². The Morgan fingerprint density at radius 1 is 0.941 bits per heavy atom. The highest BCUT2D eigenvalue weighted by molar-refractivity contribution is 5.63. The Balaban J connectivity index is 1.57. The first kappa shape index (κ1) is 24.0. The van der Waals surface area contributed by atoms with Crippen molar-refractivity contribution in [1.29, 1.82) is 0 Å². The maximum atomic E-state index is 13.7. The molecule has 4 rings (SSSR count). The third-order valence-corrected chi connectivity index (χ3v) is 6.17. The predicted molar refractivity (Wildman–Crippen MR) is 131 cm³/mol. The van der Waals surface area contributed by atoms with Gasteiger partial charge in [-0.1, -0.05) is 57.4 Å². The van der Waals surface area contributed by atoms with Crippen LogP contribution in [0.2, 0.25) is 0 Å². The van der Waals surface area contributed by atoms with Crippen molar-refractivity contribution in [2.24, 2.45) is 5.92 Å². The largest absolute Gasteiger partial charge is 0.421 e. The lowest BCUT2D eigenvalue weighted by Gasteiger charge is -2.22. The first-order valence-electron chi connectivity index (χ1n) is 11.9. The zero-order valence-corrected chi connectivity index (χ0v) is 19.6. The van der Waals surface area contributed by atoms with E-state index in [-0.39, 0.29) is 11.8 Å². The van der Waals surface area contributed by atoms with E-state index in [0.717, 1.165) is 36.7 Å². The minimum atomic E-state index is -4.57. The van der Waals surface area contributed by atoms with Crippen LogP contribution in [0.3, 0.4) is 0 Å². The van der Waals surface area contributed by atoms with Gasteiger partial charge in [-0.15, -0.1) is 0 Å². The van der Waals surface area contributed by atoms with Crippen LogP contribution in [0.5, 0.6) is 0 Å². The third-order valence-electron chi connectivity index (χ3n) is 6.17. The van der Waals surface area contributed by atoms with Crippen LogP contribution in [0.15, 0.2) is 54.7 Å². The summed E-state index contributed by atoms with van der Waals surface area (Å²) in [4.78, 5) is 8.11. The van der Waals surface area contributed by atoms with Crippen molar-refractivity contribution in [2.75, 3.05) is 10.6 Å². The van der Waals surface area contributed by atoms with Gasteiger partial charge in [-0.05, 0) is 66.5 Å². The molecule has 1 aliphatic rings. The molecule has 0 saturated heterocycles. The fraction of sp³-hybridized carbons (Fsp3) is 0.407. The highest BCUT2D eigenvalue weighted by Gasteiger charge is 2.35. The summed E-state index contributed by atoms with van der Waals surface area (Å²) in [5.74, 6) is 0.846. The van der Waals surface area contributed by atoms with Crippen LogP contribution in [-0.2, 0) is 12.6 Å². The molecule has 180 valence electrons. The highest BCUT2D eigenvalue weighted by Crippen LogP contribution is 2.37. The molecular formula is C27H31F3N4. The molecule has 0 spiro atoms. The van der Waals surface area contributed by atoms with Gasteiger partial charge in [0, 0.05) is 17.6 Å². The molecule has 0 unspecified atom stereocenters. The van der Waals surface area contributed by atoms with E-state index in [1.807, 2.05) is 36.4 Å². The van der Waals surface area contributed by atoms with Gasteiger partial charge in [-0.3, -0.25) is 0 Å². The van der Waals surface area contributed by atoms with Crippen molar-refractivity contribution < 1.29 is 13.2 Å². The summed E-state index contributed by atoms with van der Waals surface area (Å²) >= 11 is 0. The Morgan fingerprint density at radius 3 is 2.35 bits per heavy atom. The highest BCUT2D eigenvalue weighted by atomic mass is 19.4. The summed E-state index contributed by atoms with van der Waals surface area (Å²) in [6.45, 7) is 4.31. The molecule has 1 heterocycles. The average Bonchev–Trinajstić information content (AvgIpc) is 2.80. The quantitative estimate of drug-likeness (QED) is 0.367. The minimum Gasteiger partial charge on any atom is -0.340 e. The Morgan fingerprint density at radius 2 is 1.68 bits per heavy atom. The van der Waals surface area contributed by atoms with E-state index < -0.39 is 11.7 Å². The normalized spacial score (nSPS) is 14.9. The van der Waals surface area contributed by atoms with Crippen LogP contribution in [0.25, 0.3) is 0 Å². The van der Waals surface area contributed by atoms with Gasteiger partial charge in [0.1, 0.15) is 11.4 Å². The van der Waals surface area contributed by atoms with Crippen LogP contribution < -0.4 is 10.6 Å². The van der Waals surface area contributed by atoms with Crippen molar-refractivity contribution in [2.45, 2.75) is 64.5 Å². The SMILES string of the molecule is CC(C)Cc1ccc(Nc2ncc(C(F)(F)F)c(Nc3cccc(C4CCCCC4)c3)n2)cc1. The van der Waals surface area contributed by atoms with Crippen LogP contribution in [-0.4, -0.2) is 9.97 Å². The van der Waals surface area contributed by atoms with Crippen LogP contribution in [0.4, 0.5) is 36.3 Å². The second-order valence-corrected chi connectivity index (χ2v) is 9.46. The summed E-state index contributed by atoms with van der Waals surface area (Å²) in [6.07, 6.45) is 3.10. The molecule has 34 heavy (non-hydrogen) atoms. The first-order valence-corrected chi connectivity index (χ1v) is 11.9. The molecule has 7 heteroatoms. The summed E-state index contributed by atoms with van der Waals surface area (Å²) in [5, 5.41) is 5.93. The molecule has 2 aromatic carbocycles. The van der Waals surface area contributed by atoms with Gasteiger partial charge >= 0.3 is 6.18 Å². The summed E-state index contributed by atoms with van der Waals surface area (Å²) in [5.41, 5.74) is 2.78. The number of alkyl halides is 3. The predicted octanol–water partition coefficient (Wildman–Crippen LogP) is 8.23. The second kappa shape index (κ2) is 10.5. The Labute approximate surface area is 199 Å². The zero-order valence-electron chi connectivity index (χ0n) is 19.6. The van der Waals surface area contributed by atoms with Gasteiger partial charge in [0.05, 0.1) is 0 Å². The maximum Gasteiger partial charge on any atom is 0.421 e. The molecule has 0 radical (unpaired) electrons. The second-order valence-electron chi connectivity index (χ2n) is 9.46. The van der Waals surface area contributed by atoms with E-state index >= 15 is 0 Å². The summed E-state index contributed by atoms with van der Waals surface area (Å²) in [6, 6.07) is 15.4. The number of hydrogen-bond acceptors (Lipinski definition) is 4. The standard InChI is InChI=1S/C27H31F3N4/c1-18(2)15-19-11-13-22(14-12-19)33-26-31-17-24(27(28,29)30)25(34-26)32-23-10-6-9-21(16-23)20-7-4-3-5-8-20/h6,9-14,16-18,20H,3-5,7-8,15H2,1-2H3,(H2,31,32,33,34). The molecular weight excluding hydrogens is 437 g/mol. The monoisotopic (exact) mass is 468 g/mol. The van der Waals surface area contributed by atoms with E-state index in [1.165, 1.54) is 24.8 Å². The first-order chi connectivity index (χ1) is 16.3. The van der Waals surface area contributed by atoms with Crippen molar-refractivity contribution in [1.82, 2.24) is 9.97 Å². The Bertz CT molecular complexity index is 1090. The number of rotatable bonds is 7. The molecule has 3 aromatic rings. The Hall–Kier alpha value is -3.09. The number of hydrogen-bond donors (Lipinski definition) is 2. The Kier molecular flexibility index (Phi) is 7.39. The lowest BCUT2D eigenvalue weighted by Crippen LogP contribution is -2.13. The zero-order chi connectivity index (χ0) is 24.1. The molecule has 0 bridgehead atoms. The topological polar surface area (TPSA) is 49.8 Å². The molecule has 1 aliphatic carbocycles. The number of nitrogens with one attached hydrogen (secondary N) is 2. The van der Waals surface area contributed by atoms with Crippen LogP contribution in [0, 0.1) is 5.92 Å². The molecule has 0 aliphatic heterocycles. The molecule has 1 saturated carbocycles. The van der Waals surface area contributed by atoms with Gasteiger partial charge in [0.15, 0.2) is 0 Å². The maximum absolute atomic E-state index is 13.7. The van der Waals surface area contributed by atoms with Gasteiger partial charge in [-0.2, -0.15) is 18.2 Å². The van der Waals surface area contributed by atoms with Gasteiger partial charge < -0.3 is 10.6 Å². The van der Waals surface area contributed by atoms with Crippen molar-refractivity contribution >= 4 is 23.1 Å². The molecule has 2 N–H and O–H groups in total. The fourth-order valence-electron chi connectivity index (χ4n) is 4.51. The third kappa shape index (κ3) is 6.27. The number of benzene rings is 2. The van der Waals surface area contributed by atoms with E-state index in [1.54, 1.807) is 6.07 Å². The van der Waals surface area contributed by atoms with Gasteiger partial charge in [0.2, 0.25) is 5.95 Å². The fourth-order valence-corrected chi connectivity index (χ4v) is 4.51.